The van der Waals surface area contributed by atoms with Crippen molar-refractivity contribution in [1.29, 1.82) is 0 Å². The van der Waals surface area contributed by atoms with Gasteiger partial charge < -0.3 is 10.5 Å². The minimum absolute atomic E-state index is 0.0253. The van der Waals surface area contributed by atoms with Gasteiger partial charge in [0.05, 0.1) is 6.04 Å². The van der Waals surface area contributed by atoms with E-state index in [0.29, 0.717) is 0 Å². The molecular weight excluding hydrogens is 422 g/mol. The van der Waals surface area contributed by atoms with Crippen LogP contribution >= 0.6 is 0 Å². The zero-order chi connectivity index (χ0) is 23.7. The van der Waals surface area contributed by atoms with Crippen LogP contribution in [0.25, 0.3) is 10.8 Å². The molecule has 2 aromatic rings. The van der Waals surface area contributed by atoms with Crippen LogP contribution < -0.4 is 5.73 Å². The number of ether oxygens (including phenoxy) is 1. The smallest absolute Gasteiger partial charge is 0.302 e. The maximum atomic E-state index is 12.2. The monoisotopic (exact) mass is 453 g/mol. The molecule has 1 aliphatic heterocycles. The largest absolute Gasteiger partial charge is 0.462 e. The van der Waals surface area contributed by atoms with Crippen LogP contribution in [-0.4, -0.2) is 28.8 Å². The highest BCUT2D eigenvalue weighted by atomic mass is 16.5. The van der Waals surface area contributed by atoms with Crippen molar-refractivity contribution in [2.45, 2.75) is 64.5 Å². The molecule has 5 nitrogen and oxygen atoms in total. The van der Waals surface area contributed by atoms with Crippen LogP contribution in [0.1, 0.15) is 57.9 Å². The molecule has 2 N–H and O–H groups in total. The van der Waals surface area contributed by atoms with Gasteiger partial charge in [-0.05, 0) is 60.4 Å². The van der Waals surface area contributed by atoms with E-state index >= 15 is 0 Å². The summed E-state index contributed by atoms with van der Waals surface area (Å²) in [5, 5.41) is 2.26. The predicted octanol–water partition coefficient (Wildman–Crippen LogP) is 5.38. The van der Waals surface area contributed by atoms with Crippen molar-refractivity contribution in [1.82, 2.24) is 4.98 Å². The Labute approximate surface area is 200 Å². The lowest BCUT2D eigenvalue weighted by molar-refractivity contribution is -0.147. The molecule has 5 atom stereocenters. The second-order valence-corrected chi connectivity index (χ2v) is 10.8. The van der Waals surface area contributed by atoms with Gasteiger partial charge in [0.1, 0.15) is 6.10 Å². The highest BCUT2D eigenvalue weighted by Crippen LogP contribution is 2.67. The number of hydrogen-bond donors (Lipinski definition) is 1. The van der Waals surface area contributed by atoms with Crippen molar-refractivity contribution >= 4 is 22.5 Å². The summed E-state index contributed by atoms with van der Waals surface area (Å²) in [6.07, 6.45) is 14.1. The Morgan fingerprint density at radius 1 is 1.18 bits per heavy atom. The van der Waals surface area contributed by atoms with E-state index in [4.69, 9.17) is 15.5 Å². The fraction of sp³-hybridized carbons (Fsp3) is 0.414. The number of aliphatic imine (C=N–C) groups is 1. The van der Waals surface area contributed by atoms with Crippen LogP contribution in [0.2, 0.25) is 0 Å². The molecule has 2 heterocycles. The highest BCUT2D eigenvalue weighted by Gasteiger charge is 2.64. The molecule has 1 saturated carbocycles. The molecule has 1 unspecified atom stereocenters. The fourth-order valence-corrected chi connectivity index (χ4v) is 6.98. The SMILES string of the molecule is CC(=O)OC1C[C@@]2(C)[C@@H]3N=C4CCCC(N)=C4C=C3C=C[C@]2(C)[C@H]1c1ccc2ccncc2c1. The number of nitrogens with zero attached hydrogens (tertiary/aromatic N) is 2. The van der Waals surface area contributed by atoms with Crippen LogP contribution in [0, 0.1) is 10.8 Å². The number of hydrogen-bond acceptors (Lipinski definition) is 5. The molecule has 1 aromatic heterocycles. The van der Waals surface area contributed by atoms with Gasteiger partial charge in [-0.2, -0.15) is 0 Å². The number of carbonyl (C=O) groups excluding carboxylic acids is 1. The first-order chi connectivity index (χ1) is 16.3. The Morgan fingerprint density at radius 3 is 2.85 bits per heavy atom. The number of aromatic nitrogens is 1. The summed E-state index contributed by atoms with van der Waals surface area (Å²) in [6.45, 7) is 6.17. The van der Waals surface area contributed by atoms with Crippen molar-refractivity contribution in [2.24, 2.45) is 21.6 Å². The number of rotatable bonds is 2. The maximum Gasteiger partial charge on any atom is 0.302 e. The van der Waals surface area contributed by atoms with Gasteiger partial charge in [-0.15, -0.1) is 0 Å². The van der Waals surface area contributed by atoms with E-state index in [-0.39, 0.29) is 34.9 Å². The van der Waals surface area contributed by atoms with Crippen molar-refractivity contribution in [2.75, 3.05) is 0 Å². The lowest BCUT2D eigenvalue weighted by Crippen LogP contribution is -2.47. The van der Waals surface area contributed by atoms with Crippen LogP contribution in [-0.2, 0) is 9.53 Å². The number of nitrogens with two attached hydrogens (primary N) is 1. The summed E-state index contributed by atoms with van der Waals surface area (Å²) in [4.78, 5) is 21.9. The number of benzene rings is 1. The first-order valence-electron chi connectivity index (χ1n) is 12.3. The average molecular weight is 454 g/mol. The van der Waals surface area contributed by atoms with Gasteiger partial charge >= 0.3 is 5.97 Å². The fourth-order valence-electron chi connectivity index (χ4n) is 6.98. The van der Waals surface area contributed by atoms with Gasteiger partial charge in [0, 0.05) is 58.4 Å². The minimum atomic E-state index is -0.240. The molecule has 34 heavy (non-hydrogen) atoms. The van der Waals surface area contributed by atoms with Crippen molar-refractivity contribution < 1.29 is 9.53 Å². The topological polar surface area (TPSA) is 77.6 Å². The zero-order valence-electron chi connectivity index (χ0n) is 20.0. The van der Waals surface area contributed by atoms with E-state index in [1.807, 2.05) is 18.5 Å². The molecule has 0 amide bonds. The van der Waals surface area contributed by atoms with Gasteiger partial charge in [0.2, 0.25) is 0 Å². The van der Waals surface area contributed by atoms with Crippen LogP contribution in [0.5, 0.6) is 0 Å². The van der Waals surface area contributed by atoms with Crippen molar-refractivity contribution in [3.8, 4) is 0 Å². The lowest BCUT2D eigenvalue weighted by Gasteiger charge is -2.50. The van der Waals surface area contributed by atoms with Crippen LogP contribution in [0.3, 0.4) is 0 Å². The molecule has 0 radical (unpaired) electrons. The maximum absolute atomic E-state index is 12.2. The van der Waals surface area contributed by atoms with E-state index in [1.165, 1.54) is 18.1 Å². The van der Waals surface area contributed by atoms with Gasteiger partial charge in [0.15, 0.2) is 0 Å². The average Bonchev–Trinajstić information content (AvgIpc) is 3.04. The van der Waals surface area contributed by atoms with Gasteiger partial charge in [0.25, 0.3) is 0 Å². The van der Waals surface area contributed by atoms with E-state index in [9.17, 15) is 4.79 Å². The Hall–Kier alpha value is -3.21. The molecule has 4 aliphatic rings. The van der Waals surface area contributed by atoms with Crippen LogP contribution in [0.15, 0.2) is 76.7 Å². The third kappa shape index (κ3) is 2.95. The number of dihydropyridines is 1. The van der Waals surface area contributed by atoms with Crippen LogP contribution in [0.4, 0.5) is 0 Å². The molecule has 174 valence electrons. The Kier molecular flexibility index (Phi) is 4.64. The highest BCUT2D eigenvalue weighted by molar-refractivity contribution is 6.05. The van der Waals surface area contributed by atoms with Gasteiger partial charge in [-0.25, -0.2) is 0 Å². The number of pyridine rings is 1. The first kappa shape index (κ1) is 21.3. The normalized spacial score (nSPS) is 34.1. The molecule has 0 spiro atoms. The summed E-state index contributed by atoms with van der Waals surface area (Å²) < 4.78 is 6.03. The Balaban J connectivity index is 1.51. The number of fused-ring (bicyclic) bond motifs is 5. The molecule has 1 fully saturated rings. The molecule has 1 aromatic carbocycles. The summed E-state index contributed by atoms with van der Waals surface area (Å²) in [6, 6.07) is 8.61. The second-order valence-electron chi connectivity index (χ2n) is 10.8. The van der Waals surface area contributed by atoms with Crippen molar-refractivity contribution in [3.05, 3.63) is 77.3 Å². The number of esters is 1. The van der Waals surface area contributed by atoms with E-state index in [0.717, 1.165) is 53.4 Å². The summed E-state index contributed by atoms with van der Waals surface area (Å²) in [5.74, 6) is -0.208. The van der Waals surface area contributed by atoms with E-state index in [1.54, 1.807) is 0 Å². The standard InChI is InChI=1S/C29H31N3O2/c1-17(33)34-25-15-29(3)27-20(14-22-23(30)5-4-6-24(22)32-27)9-11-28(29,2)26(25)19-8-7-18-10-12-31-16-21(18)13-19/h7-14,16,25-27H,4-6,15,30H2,1-3H3/t25?,26-,27+,28+,29-/m0/s1. The van der Waals surface area contributed by atoms with Crippen molar-refractivity contribution in [3.63, 3.8) is 0 Å². The third-order valence-electron chi connectivity index (χ3n) is 8.87. The Bertz CT molecular complexity index is 1340. The van der Waals surface area contributed by atoms with Gasteiger partial charge in [-0.1, -0.05) is 38.1 Å². The number of carbonyl (C=O) groups is 1. The zero-order valence-corrected chi connectivity index (χ0v) is 20.0. The molecule has 6 rings (SSSR count). The van der Waals surface area contributed by atoms with Gasteiger partial charge in [-0.3, -0.25) is 14.8 Å². The number of allylic oxidation sites excluding steroid dienone is 4. The summed E-state index contributed by atoms with van der Waals surface area (Å²) >= 11 is 0. The third-order valence-corrected chi connectivity index (χ3v) is 8.87. The summed E-state index contributed by atoms with van der Waals surface area (Å²) in [7, 11) is 0. The molecular formula is C29H31N3O2. The minimum Gasteiger partial charge on any atom is -0.462 e. The molecule has 5 heteroatoms. The molecule has 0 bridgehead atoms. The first-order valence-corrected chi connectivity index (χ1v) is 12.3. The lowest BCUT2D eigenvalue weighted by atomic mass is 9.55. The second kappa shape index (κ2) is 7.39. The van der Waals surface area contributed by atoms with E-state index < -0.39 is 0 Å². The summed E-state index contributed by atoms with van der Waals surface area (Å²) in [5.41, 5.74) is 11.5. The Morgan fingerprint density at radius 2 is 2.03 bits per heavy atom. The van der Waals surface area contributed by atoms with E-state index in [2.05, 4.69) is 55.3 Å². The quantitative estimate of drug-likeness (QED) is 0.619. The predicted molar refractivity (Wildman–Crippen MR) is 134 cm³/mol. The molecule has 3 aliphatic carbocycles. The molecule has 0 saturated heterocycles.